The molecule has 0 amide bonds. The Hall–Kier alpha value is -1.25. The van der Waals surface area contributed by atoms with Gasteiger partial charge in [0.2, 0.25) is 0 Å². The molecule has 0 aliphatic rings. The first kappa shape index (κ1) is 15.1. The van der Waals surface area contributed by atoms with E-state index in [0.717, 1.165) is 41.3 Å². The lowest BCUT2D eigenvalue weighted by atomic mass is 10.0. The van der Waals surface area contributed by atoms with Crippen LogP contribution in [0.15, 0.2) is 65.1 Å². The molecule has 3 heteroatoms. The minimum atomic E-state index is 0.731. The molecule has 20 heavy (non-hydrogen) atoms. The minimum absolute atomic E-state index is 0.731. The maximum Gasteiger partial charge on any atom is 0.0857 e. The molecule has 0 spiro atoms. The molecule has 0 aliphatic heterocycles. The average molecular weight is 304 g/mol. The molecule has 104 valence electrons. The van der Waals surface area contributed by atoms with E-state index in [4.69, 9.17) is 16.0 Å². The second-order valence-corrected chi connectivity index (χ2v) is 5.63. The SMILES string of the molecule is ClCCCCSN=C(c1ccccc1)c1ccccc1. The van der Waals surface area contributed by atoms with E-state index in [0.29, 0.717) is 0 Å². The molecule has 2 rings (SSSR count). The maximum atomic E-state index is 5.69. The van der Waals surface area contributed by atoms with Crippen LogP contribution in [-0.4, -0.2) is 17.3 Å². The highest BCUT2D eigenvalue weighted by Gasteiger charge is 2.05. The van der Waals surface area contributed by atoms with E-state index in [1.54, 1.807) is 11.9 Å². The topological polar surface area (TPSA) is 12.4 Å². The van der Waals surface area contributed by atoms with Crippen LogP contribution in [0.25, 0.3) is 0 Å². The number of alkyl halides is 1. The van der Waals surface area contributed by atoms with Gasteiger partial charge in [-0.15, -0.1) is 11.6 Å². The molecule has 2 aromatic rings. The zero-order valence-electron chi connectivity index (χ0n) is 11.3. The van der Waals surface area contributed by atoms with Crippen molar-refractivity contribution in [3.05, 3.63) is 71.8 Å². The smallest absolute Gasteiger partial charge is 0.0857 e. The van der Waals surface area contributed by atoms with Crippen LogP contribution in [0.5, 0.6) is 0 Å². The molecule has 1 nitrogen and oxygen atoms in total. The van der Waals surface area contributed by atoms with Gasteiger partial charge in [0.05, 0.1) is 5.71 Å². The van der Waals surface area contributed by atoms with Gasteiger partial charge in [-0.3, -0.25) is 0 Å². The summed E-state index contributed by atoms with van der Waals surface area (Å²) in [7, 11) is 0. The van der Waals surface area contributed by atoms with Crippen LogP contribution in [0.4, 0.5) is 0 Å². The predicted molar refractivity (Wildman–Crippen MR) is 90.9 cm³/mol. The highest BCUT2D eigenvalue weighted by atomic mass is 35.5. The fourth-order valence-electron chi connectivity index (χ4n) is 1.84. The van der Waals surface area contributed by atoms with E-state index in [1.165, 1.54) is 0 Å². The fourth-order valence-corrected chi connectivity index (χ4v) is 2.79. The van der Waals surface area contributed by atoms with E-state index in [-0.39, 0.29) is 0 Å². The standard InChI is InChI=1S/C17H18ClNS/c18-13-7-8-14-20-19-17(15-9-3-1-4-10-15)16-11-5-2-6-12-16/h1-6,9-12H,7-8,13-14H2. The third-order valence-corrected chi connectivity index (χ3v) is 3.92. The Balaban J connectivity index is 2.15. The highest BCUT2D eigenvalue weighted by Crippen LogP contribution is 2.16. The number of benzene rings is 2. The molecule has 0 aromatic heterocycles. The highest BCUT2D eigenvalue weighted by molar-refractivity contribution is 7.98. The first-order valence-electron chi connectivity index (χ1n) is 6.78. The maximum absolute atomic E-state index is 5.69. The summed E-state index contributed by atoms with van der Waals surface area (Å²) in [5, 5.41) is 0. The summed E-state index contributed by atoms with van der Waals surface area (Å²) in [5.41, 5.74) is 3.36. The van der Waals surface area contributed by atoms with Crippen molar-refractivity contribution in [3.8, 4) is 0 Å². The lowest BCUT2D eigenvalue weighted by Crippen LogP contribution is -2.02. The van der Waals surface area contributed by atoms with Crippen LogP contribution in [0, 0.1) is 0 Å². The van der Waals surface area contributed by atoms with E-state index < -0.39 is 0 Å². The molecule has 0 saturated carbocycles. The van der Waals surface area contributed by atoms with Gasteiger partial charge in [-0.1, -0.05) is 60.7 Å². The monoisotopic (exact) mass is 303 g/mol. The normalized spacial score (nSPS) is 10.2. The number of unbranched alkanes of at least 4 members (excludes halogenated alkanes) is 1. The van der Waals surface area contributed by atoms with Crippen LogP contribution in [0.3, 0.4) is 0 Å². The van der Waals surface area contributed by atoms with Gasteiger partial charge in [0, 0.05) is 22.8 Å². The Labute approximate surface area is 130 Å². The van der Waals surface area contributed by atoms with Crippen molar-refractivity contribution < 1.29 is 0 Å². The minimum Gasteiger partial charge on any atom is -0.215 e. The molecule has 2 aromatic carbocycles. The lowest BCUT2D eigenvalue weighted by Gasteiger charge is -2.06. The number of nitrogens with zero attached hydrogens (tertiary/aromatic N) is 1. The summed E-state index contributed by atoms with van der Waals surface area (Å²) in [6, 6.07) is 20.7. The average Bonchev–Trinajstić information content (AvgIpc) is 2.53. The van der Waals surface area contributed by atoms with E-state index in [2.05, 4.69) is 24.3 Å². The molecule has 0 saturated heterocycles. The Morgan fingerprint density at radius 1 is 0.850 bits per heavy atom. The lowest BCUT2D eigenvalue weighted by molar-refractivity contribution is 0.903. The zero-order chi connectivity index (χ0) is 14.0. The summed E-state index contributed by atoms with van der Waals surface area (Å²) < 4.78 is 4.73. The van der Waals surface area contributed by atoms with Gasteiger partial charge in [0.25, 0.3) is 0 Å². The molecule has 0 aliphatic carbocycles. The molecule has 0 fully saturated rings. The third kappa shape index (κ3) is 4.69. The van der Waals surface area contributed by atoms with Gasteiger partial charge < -0.3 is 0 Å². The molecule has 0 radical (unpaired) electrons. The molecular weight excluding hydrogens is 286 g/mol. The number of halogens is 1. The number of hydrogen-bond donors (Lipinski definition) is 0. The molecule has 0 heterocycles. The van der Waals surface area contributed by atoms with Crippen molar-refractivity contribution in [2.45, 2.75) is 12.8 Å². The summed E-state index contributed by atoms with van der Waals surface area (Å²) in [6.45, 7) is 0. The van der Waals surface area contributed by atoms with Crippen LogP contribution in [0.2, 0.25) is 0 Å². The number of rotatable bonds is 7. The molecule has 0 bridgehead atoms. The Kier molecular flexibility index (Phi) is 6.69. The van der Waals surface area contributed by atoms with Gasteiger partial charge >= 0.3 is 0 Å². The van der Waals surface area contributed by atoms with Crippen LogP contribution >= 0.6 is 23.5 Å². The largest absolute Gasteiger partial charge is 0.215 e. The first-order chi connectivity index (χ1) is 9.92. The second-order valence-electron chi connectivity index (χ2n) is 4.40. The first-order valence-corrected chi connectivity index (χ1v) is 8.26. The Bertz CT molecular complexity index is 484. The van der Waals surface area contributed by atoms with Crippen molar-refractivity contribution in [1.29, 1.82) is 0 Å². The van der Waals surface area contributed by atoms with Gasteiger partial charge in [-0.25, -0.2) is 4.40 Å². The van der Waals surface area contributed by atoms with E-state index >= 15 is 0 Å². The summed E-state index contributed by atoms with van der Waals surface area (Å²) in [6.07, 6.45) is 2.16. The Morgan fingerprint density at radius 2 is 1.40 bits per heavy atom. The van der Waals surface area contributed by atoms with Gasteiger partial charge in [-0.2, -0.15) is 0 Å². The summed E-state index contributed by atoms with van der Waals surface area (Å²) in [5.74, 6) is 1.74. The number of hydrogen-bond acceptors (Lipinski definition) is 2. The van der Waals surface area contributed by atoms with Crippen LogP contribution in [0.1, 0.15) is 24.0 Å². The van der Waals surface area contributed by atoms with Gasteiger partial charge in [0.15, 0.2) is 0 Å². The predicted octanol–water partition coefficient (Wildman–Crippen LogP) is 5.19. The van der Waals surface area contributed by atoms with E-state index in [9.17, 15) is 0 Å². The summed E-state index contributed by atoms with van der Waals surface area (Å²) >= 11 is 7.31. The van der Waals surface area contributed by atoms with Gasteiger partial charge in [0.1, 0.15) is 0 Å². The van der Waals surface area contributed by atoms with E-state index in [1.807, 2.05) is 36.4 Å². The Morgan fingerprint density at radius 3 is 1.90 bits per heavy atom. The second kappa shape index (κ2) is 8.83. The quantitative estimate of drug-likeness (QED) is 0.297. The van der Waals surface area contributed by atoms with Crippen molar-refractivity contribution in [1.82, 2.24) is 0 Å². The van der Waals surface area contributed by atoms with Crippen molar-refractivity contribution >= 4 is 29.3 Å². The molecular formula is C17H18ClNS. The summed E-state index contributed by atoms with van der Waals surface area (Å²) in [4.78, 5) is 0. The molecule has 0 unspecified atom stereocenters. The van der Waals surface area contributed by atoms with Gasteiger partial charge in [-0.05, 0) is 24.8 Å². The fraction of sp³-hybridized carbons (Fsp3) is 0.235. The van der Waals surface area contributed by atoms with Crippen LogP contribution < -0.4 is 0 Å². The van der Waals surface area contributed by atoms with Crippen molar-refractivity contribution in [3.63, 3.8) is 0 Å². The van der Waals surface area contributed by atoms with Crippen molar-refractivity contribution in [2.24, 2.45) is 4.40 Å². The third-order valence-electron chi connectivity index (χ3n) is 2.87. The zero-order valence-corrected chi connectivity index (χ0v) is 12.9. The van der Waals surface area contributed by atoms with Crippen molar-refractivity contribution in [2.75, 3.05) is 11.6 Å². The molecule has 0 N–H and O–H groups in total. The molecule has 0 atom stereocenters. The van der Waals surface area contributed by atoms with Crippen LogP contribution in [-0.2, 0) is 0 Å².